The molecule has 1 spiro atoms. The summed E-state index contributed by atoms with van der Waals surface area (Å²) >= 11 is 0. The number of hydrogen-bond donors (Lipinski definition) is 0. The van der Waals surface area contributed by atoms with Crippen molar-refractivity contribution >= 4 is 11.6 Å². The van der Waals surface area contributed by atoms with Crippen LogP contribution in [0.5, 0.6) is 5.75 Å². The highest BCUT2D eigenvalue weighted by Gasteiger charge is 2.58. The molecule has 0 saturated heterocycles. The number of carbonyl (C=O) groups is 1. The van der Waals surface area contributed by atoms with Gasteiger partial charge in [-0.1, -0.05) is 11.8 Å². The van der Waals surface area contributed by atoms with Crippen LogP contribution in [-0.2, 0) is 17.5 Å². The number of halogens is 4. The number of aromatic nitrogens is 2. The van der Waals surface area contributed by atoms with E-state index in [0.717, 1.165) is 17.0 Å². The van der Waals surface area contributed by atoms with Crippen LogP contribution < -0.4 is 20.9 Å². The molecule has 2 aromatic rings. The molecule has 0 atom stereocenters. The van der Waals surface area contributed by atoms with Crippen LogP contribution in [0.15, 0.2) is 27.8 Å². The molecule has 0 N–H and O–H groups in total. The van der Waals surface area contributed by atoms with E-state index in [1.807, 2.05) is 5.92 Å². The number of anilines is 1. The summed E-state index contributed by atoms with van der Waals surface area (Å²) in [6.07, 6.45) is 6.17. The number of carbonyl (C=O) groups excluding carboxylic acids is 1. The molecular weight excluding hydrogens is 434 g/mol. The number of amides is 1. The number of terminal acetylenes is 2. The Kier molecular flexibility index (Phi) is 4.66. The SMILES string of the molecule is C#CCN1C(=O)C2(CC2)Oc2cc(F)c(-n3c(=O)cc(C(F)(F)F)n(CC#C)c3=O)cc21. The standard InChI is InChI=1S/C21H13F4N3O4/c1-3-7-26-14-10-13(12(22)9-15(14)32-20(5-6-20)18(26)30)28-17(29)11-16(21(23,24)25)27(8-4-2)19(28)31/h1-2,9-11H,5-8H2. The lowest BCUT2D eigenvalue weighted by atomic mass is 10.1. The predicted molar refractivity (Wildman–Crippen MR) is 104 cm³/mol. The van der Waals surface area contributed by atoms with E-state index in [-0.39, 0.29) is 33.2 Å². The first kappa shape index (κ1) is 21.2. The zero-order valence-electron chi connectivity index (χ0n) is 16.2. The number of fused-ring (bicyclic) bond motifs is 1. The summed E-state index contributed by atoms with van der Waals surface area (Å²) in [5, 5.41) is 0. The van der Waals surface area contributed by atoms with Crippen LogP contribution in [0, 0.1) is 30.5 Å². The molecule has 32 heavy (non-hydrogen) atoms. The summed E-state index contributed by atoms with van der Waals surface area (Å²) in [5.41, 5.74) is -6.32. The van der Waals surface area contributed by atoms with Gasteiger partial charge in [0.15, 0.2) is 11.4 Å². The maximum absolute atomic E-state index is 15.0. The number of rotatable bonds is 3. The third kappa shape index (κ3) is 3.14. The zero-order valence-corrected chi connectivity index (χ0v) is 16.2. The van der Waals surface area contributed by atoms with Crippen molar-refractivity contribution in [3.63, 3.8) is 0 Å². The van der Waals surface area contributed by atoms with Crippen LogP contribution in [0.4, 0.5) is 23.2 Å². The first-order chi connectivity index (χ1) is 15.0. The summed E-state index contributed by atoms with van der Waals surface area (Å²) in [6, 6.07) is 1.97. The molecule has 1 fully saturated rings. The van der Waals surface area contributed by atoms with Crippen molar-refractivity contribution in [2.75, 3.05) is 11.4 Å². The summed E-state index contributed by atoms with van der Waals surface area (Å²) < 4.78 is 60.8. The van der Waals surface area contributed by atoms with Gasteiger partial charge in [-0.15, -0.1) is 12.8 Å². The zero-order chi connectivity index (χ0) is 23.4. The Hall–Kier alpha value is -3.99. The largest absolute Gasteiger partial charge is 0.475 e. The maximum Gasteiger partial charge on any atom is 0.431 e. The molecule has 0 radical (unpaired) electrons. The fourth-order valence-corrected chi connectivity index (χ4v) is 3.56. The van der Waals surface area contributed by atoms with Gasteiger partial charge in [-0.2, -0.15) is 13.2 Å². The van der Waals surface area contributed by atoms with Crippen molar-refractivity contribution in [2.24, 2.45) is 0 Å². The Morgan fingerprint density at radius 2 is 1.69 bits per heavy atom. The lowest BCUT2D eigenvalue weighted by Crippen LogP contribution is -2.48. The van der Waals surface area contributed by atoms with E-state index in [4.69, 9.17) is 17.6 Å². The molecular formula is C21H13F4N3O4. The van der Waals surface area contributed by atoms with E-state index >= 15 is 0 Å². The third-order valence-corrected chi connectivity index (χ3v) is 5.19. The molecule has 1 saturated carbocycles. The molecule has 164 valence electrons. The molecule has 1 aromatic carbocycles. The van der Waals surface area contributed by atoms with E-state index < -0.39 is 52.7 Å². The van der Waals surface area contributed by atoms with Gasteiger partial charge in [-0.3, -0.25) is 19.1 Å². The minimum absolute atomic E-state index is 0.0171. The van der Waals surface area contributed by atoms with Crippen molar-refractivity contribution in [3.05, 3.63) is 50.5 Å². The lowest BCUT2D eigenvalue weighted by molar-refractivity contribution is -0.144. The monoisotopic (exact) mass is 447 g/mol. The molecule has 1 amide bonds. The number of alkyl halides is 3. The van der Waals surface area contributed by atoms with Crippen LogP contribution in [0.2, 0.25) is 0 Å². The Morgan fingerprint density at radius 1 is 1.03 bits per heavy atom. The minimum Gasteiger partial charge on any atom is -0.475 e. The Balaban J connectivity index is 1.97. The molecule has 1 aliphatic heterocycles. The van der Waals surface area contributed by atoms with Crippen molar-refractivity contribution in [3.8, 4) is 36.1 Å². The van der Waals surface area contributed by atoms with E-state index in [1.54, 1.807) is 0 Å². The Labute approximate surface area is 177 Å². The van der Waals surface area contributed by atoms with Crippen LogP contribution >= 0.6 is 0 Å². The van der Waals surface area contributed by atoms with Crippen LogP contribution in [0.1, 0.15) is 18.5 Å². The van der Waals surface area contributed by atoms with E-state index in [0.29, 0.717) is 12.8 Å². The smallest absolute Gasteiger partial charge is 0.431 e. The van der Waals surface area contributed by atoms with Gasteiger partial charge >= 0.3 is 11.9 Å². The van der Waals surface area contributed by atoms with E-state index in [9.17, 15) is 31.9 Å². The normalized spacial score (nSPS) is 16.2. The summed E-state index contributed by atoms with van der Waals surface area (Å²) in [7, 11) is 0. The van der Waals surface area contributed by atoms with Gasteiger partial charge in [0.2, 0.25) is 0 Å². The Bertz CT molecular complexity index is 1350. The minimum atomic E-state index is -5.05. The molecule has 0 bridgehead atoms. The van der Waals surface area contributed by atoms with Crippen molar-refractivity contribution in [1.29, 1.82) is 0 Å². The average molecular weight is 447 g/mol. The molecule has 1 aliphatic carbocycles. The summed E-state index contributed by atoms with van der Waals surface area (Å²) in [5.74, 6) is 2.57. The number of ether oxygens (including phenoxy) is 1. The fourth-order valence-electron chi connectivity index (χ4n) is 3.56. The lowest BCUT2D eigenvalue weighted by Gasteiger charge is -2.34. The molecule has 4 rings (SSSR count). The molecule has 2 aliphatic rings. The average Bonchev–Trinajstić information content (AvgIpc) is 3.48. The van der Waals surface area contributed by atoms with Gasteiger partial charge in [0, 0.05) is 25.0 Å². The van der Waals surface area contributed by atoms with E-state index in [1.165, 1.54) is 0 Å². The first-order valence-electron chi connectivity index (χ1n) is 9.20. The molecule has 11 heteroatoms. The van der Waals surface area contributed by atoms with Gasteiger partial charge < -0.3 is 4.74 Å². The third-order valence-electron chi connectivity index (χ3n) is 5.19. The van der Waals surface area contributed by atoms with Gasteiger partial charge in [-0.25, -0.2) is 13.8 Å². The highest BCUT2D eigenvalue weighted by Crippen LogP contribution is 2.49. The maximum atomic E-state index is 15.0. The summed E-state index contributed by atoms with van der Waals surface area (Å²) in [4.78, 5) is 39.1. The highest BCUT2D eigenvalue weighted by atomic mass is 19.4. The number of nitrogens with zero attached hydrogens (tertiary/aromatic N) is 3. The van der Waals surface area contributed by atoms with Gasteiger partial charge in [0.25, 0.3) is 11.5 Å². The van der Waals surface area contributed by atoms with Gasteiger partial charge in [-0.05, 0) is 6.07 Å². The summed E-state index contributed by atoms with van der Waals surface area (Å²) in [6.45, 7) is -1.01. The topological polar surface area (TPSA) is 73.5 Å². The van der Waals surface area contributed by atoms with E-state index in [2.05, 4.69) is 5.92 Å². The molecule has 1 aromatic heterocycles. The van der Waals surface area contributed by atoms with Crippen LogP contribution in [-0.4, -0.2) is 27.2 Å². The van der Waals surface area contributed by atoms with Crippen molar-refractivity contribution < 1.29 is 27.1 Å². The number of hydrogen-bond acceptors (Lipinski definition) is 4. The van der Waals surface area contributed by atoms with Gasteiger partial charge in [0.05, 0.1) is 24.5 Å². The molecule has 0 unspecified atom stereocenters. The quantitative estimate of drug-likeness (QED) is 0.530. The van der Waals surface area contributed by atoms with Crippen LogP contribution in [0.25, 0.3) is 5.69 Å². The van der Waals surface area contributed by atoms with Crippen molar-refractivity contribution in [2.45, 2.75) is 31.2 Å². The fraction of sp³-hybridized carbons (Fsp3) is 0.286. The van der Waals surface area contributed by atoms with Gasteiger partial charge in [0.1, 0.15) is 11.4 Å². The molecule has 2 heterocycles. The Morgan fingerprint density at radius 3 is 2.25 bits per heavy atom. The molecule has 7 nitrogen and oxygen atoms in total. The first-order valence-corrected chi connectivity index (χ1v) is 9.20. The second-order valence-electron chi connectivity index (χ2n) is 7.24. The second-order valence-corrected chi connectivity index (χ2v) is 7.24. The van der Waals surface area contributed by atoms with Crippen molar-refractivity contribution in [1.82, 2.24) is 9.13 Å². The second kappa shape index (κ2) is 7.02. The predicted octanol–water partition coefficient (Wildman–Crippen LogP) is 1.68. The van der Waals surface area contributed by atoms with Crippen LogP contribution in [0.3, 0.4) is 0 Å². The highest BCUT2D eigenvalue weighted by molar-refractivity contribution is 6.05. The number of benzene rings is 1.